The molecule has 1 aliphatic heterocycles. The first-order valence-corrected chi connectivity index (χ1v) is 8.14. The molecule has 1 fully saturated rings. The van der Waals surface area contributed by atoms with E-state index in [-0.39, 0.29) is 11.9 Å². The Morgan fingerprint density at radius 3 is 2.78 bits per heavy atom. The summed E-state index contributed by atoms with van der Waals surface area (Å²) < 4.78 is 0. The Labute approximate surface area is 115 Å². The normalized spacial score (nSPS) is 21.9. The van der Waals surface area contributed by atoms with Gasteiger partial charge in [-0.1, -0.05) is 13.8 Å². The number of likely N-dealkylation sites (N-methyl/N-ethyl adjacent to an activating group) is 1. The van der Waals surface area contributed by atoms with Crippen LogP contribution in [0.1, 0.15) is 27.2 Å². The van der Waals surface area contributed by atoms with Gasteiger partial charge in [0.25, 0.3) is 0 Å². The lowest BCUT2D eigenvalue weighted by molar-refractivity contribution is -0.122. The first kappa shape index (κ1) is 15.8. The van der Waals surface area contributed by atoms with E-state index in [0.29, 0.717) is 12.5 Å². The van der Waals surface area contributed by atoms with Gasteiger partial charge in [-0.2, -0.15) is 11.8 Å². The molecule has 0 aromatic heterocycles. The monoisotopic (exact) mass is 273 g/mol. The maximum Gasteiger partial charge on any atom is 0.221 e. The van der Waals surface area contributed by atoms with Crippen molar-refractivity contribution in [1.29, 1.82) is 0 Å². The molecule has 1 amide bonds. The van der Waals surface area contributed by atoms with Crippen LogP contribution in [0.5, 0.6) is 0 Å². The van der Waals surface area contributed by atoms with Gasteiger partial charge >= 0.3 is 0 Å². The predicted molar refractivity (Wildman–Crippen MR) is 79.1 cm³/mol. The van der Waals surface area contributed by atoms with Gasteiger partial charge in [-0.05, 0) is 20.0 Å². The van der Waals surface area contributed by atoms with Crippen LogP contribution in [-0.4, -0.2) is 60.6 Å². The Balaban J connectivity index is 2.21. The summed E-state index contributed by atoms with van der Waals surface area (Å²) >= 11 is 1.93. The lowest BCUT2D eigenvalue weighted by atomic mass is 10.2. The van der Waals surface area contributed by atoms with Gasteiger partial charge in [0.2, 0.25) is 5.91 Å². The summed E-state index contributed by atoms with van der Waals surface area (Å²) in [7, 11) is 0. The first-order chi connectivity index (χ1) is 8.65. The summed E-state index contributed by atoms with van der Waals surface area (Å²) in [6.45, 7) is 10.4. The van der Waals surface area contributed by atoms with Gasteiger partial charge in [0, 0.05) is 43.1 Å². The van der Waals surface area contributed by atoms with Crippen LogP contribution in [0.3, 0.4) is 0 Å². The summed E-state index contributed by atoms with van der Waals surface area (Å²) in [6, 6.07) is 0.582. The second-order valence-corrected chi connectivity index (χ2v) is 6.03. The van der Waals surface area contributed by atoms with Crippen molar-refractivity contribution < 1.29 is 4.79 Å². The smallest absolute Gasteiger partial charge is 0.221 e. The van der Waals surface area contributed by atoms with Crippen LogP contribution in [-0.2, 0) is 4.79 Å². The molecule has 1 saturated heterocycles. The minimum Gasteiger partial charge on any atom is -0.352 e. The van der Waals surface area contributed by atoms with Crippen molar-refractivity contribution in [3.63, 3.8) is 0 Å². The Hall–Kier alpha value is -0.260. The fourth-order valence-corrected chi connectivity index (χ4v) is 3.17. The lowest BCUT2D eigenvalue weighted by Gasteiger charge is -2.25. The van der Waals surface area contributed by atoms with Gasteiger partial charge in [-0.15, -0.1) is 0 Å². The van der Waals surface area contributed by atoms with Crippen LogP contribution in [0.2, 0.25) is 0 Å². The van der Waals surface area contributed by atoms with E-state index in [9.17, 15) is 4.79 Å². The van der Waals surface area contributed by atoms with E-state index in [0.717, 1.165) is 37.7 Å². The van der Waals surface area contributed by atoms with Crippen LogP contribution in [0.15, 0.2) is 0 Å². The number of thioether (sulfide) groups is 1. The molecule has 1 aliphatic rings. The average molecular weight is 273 g/mol. The maximum atomic E-state index is 11.9. The van der Waals surface area contributed by atoms with Gasteiger partial charge in [0.1, 0.15) is 0 Å². The zero-order chi connectivity index (χ0) is 13.4. The summed E-state index contributed by atoms with van der Waals surface area (Å²) in [5.41, 5.74) is 0. The molecule has 0 aromatic rings. The zero-order valence-electron chi connectivity index (χ0n) is 11.9. The topological polar surface area (TPSA) is 44.4 Å². The number of carbonyl (C=O) groups excluding carboxylic acids is 1. The highest BCUT2D eigenvalue weighted by Crippen LogP contribution is 2.10. The molecule has 0 aromatic carbocycles. The van der Waals surface area contributed by atoms with Gasteiger partial charge in [0.05, 0.1) is 0 Å². The summed E-state index contributed by atoms with van der Waals surface area (Å²) in [5.74, 6) is 2.39. The van der Waals surface area contributed by atoms with Crippen molar-refractivity contribution in [2.24, 2.45) is 0 Å². The number of amides is 1. The maximum absolute atomic E-state index is 11.9. The molecule has 0 spiro atoms. The molecule has 1 rings (SSSR count). The van der Waals surface area contributed by atoms with Gasteiger partial charge in [0.15, 0.2) is 0 Å². The minimum atomic E-state index is 0.176. The number of nitrogens with zero attached hydrogens (tertiary/aromatic N) is 1. The number of hydrogen-bond acceptors (Lipinski definition) is 4. The number of rotatable bonds is 7. The Morgan fingerprint density at radius 1 is 1.50 bits per heavy atom. The van der Waals surface area contributed by atoms with E-state index in [1.54, 1.807) is 0 Å². The highest BCUT2D eigenvalue weighted by atomic mass is 32.2. The molecular formula is C13H27N3OS. The molecular weight excluding hydrogens is 246 g/mol. The van der Waals surface area contributed by atoms with E-state index in [1.165, 1.54) is 0 Å². The number of nitrogens with one attached hydrogen (secondary N) is 2. The van der Waals surface area contributed by atoms with Gasteiger partial charge in [-0.25, -0.2) is 0 Å². The van der Waals surface area contributed by atoms with Crippen molar-refractivity contribution in [3.05, 3.63) is 0 Å². The standard InChI is InChI=1S/C13H27N3OS/c1-4-16(5-2)9-11(3)15-13(17)8-12-10-18-7-6-14-12/h11-12,14H,4-10H2,1-3H3,(H,15,17). The van der Waals surface area contributed by atoms with Crippen molar-refractivity contribution >= 4 is 17.7 Å². The fourth-order valence-electron chi connectivity index (χ4n) is 2.22. The quantitative estimate of drug-likeness (QED) is 0.724. The molecule has 0 saturated carbocycles. The molecule has 0 radical (unpaired) electrons. The van der Waals surface area contributed by atoms with Gasteiger partial charge < -0.3 is 15.5 Å². The molecule has 5 heteroatoms. The SMILES string of the molecule is CCN(CC)CC(C)NC(=O)CC1CSCCN1. The average Bonchev–Trinajstić information content (AvgIpc) is 2.36. The Bertz CT molecular complexity index is 240. The molecule has 0 bridgehead atoms. The van der Waals surface area contributed by atoms with Crippen LogP contribution in [0, 0.1) is 0 Å². The molecule has 18 heavy (non-hydrogen) atoms. The third kappa shape index (κ3) is 6.07. The molecule has 106 valence electrons. The number of hydrogen-bond donors (Lipinski definition) is 2. The molecule has 4 nitrogen and oxygen atoms in total. The second-order valence-electron chi connectivity index (χ2n) is 4.88. The van der Waals surface area contributed by atoms with Crippen LogP contribution in [0.4, 0.5) is 0 Å². The number of carbonyl (C=O) groups is 1. The summed E-state index contributed by atoms with van der Waals surface area (Å²) in [6.07, 6.45) is 0.607. The van der Waals surface area contributed by atoms with E-state index < -0.39 is 0 Å². The van der Waals surface area contributed by atoms with Crippen LogP contribution in [0.25, 0.3) is 0 Å². The zero-order valence-corrected chi connectivity index (χ0v) is 12.7. The fraction of sp³-hybridized carbons (Fsp3) is 0.923. The Kier molecular flexibility index (Phi) is 7.70. The highest BCUT2D eigenvalue weighted by molar-refractivity contribution is 7.99. The Morgan fingerprint density at radius 2 is 2.22 bits per heavy atom. The molecule has 0 aliphatic carbocycles. The predicted octanol–water partition coefficient (Wildman–Crippen LogP) is 0.928. The third-order valence-corrected chi connectivity index (χ3v) is 4.39. The van der Waals surface area contributed by atoms with Crippen molar-refractivity contribution in [2.45, 2.75) is 39.3 Å². The lowest BCUT2D eigenvalue weighted by Crippen LogP contribution is -2.45. The molecule has 2 N–H and O–H groups in total. The van der Waals surface area contributed by atoms with Crippen LogP contribution < -0.4 is 10.6 Å². The van der Waals surface area contributed by atoms with Crippen molar-refractivity contribution in [2.75, 3.05) is 37.7 Å². The first-order valence-electron chi connectivity index (χ1n) is 6.98. The second kappa shape index (κ2) is 8.77. The van der Waals surface area contributed by atoms with E-state index in [2.05, 4.69) is 36.3 Å². The summed E-state index contributed by atoms with van der Waals surface area (Å²) in [5, 5.41) is 6.49. The van der Waals surface area contributed by atoms with E-state index in [1.807, 2.05) is 11.8 Å². The molecule has 1 heterocycles. The molecule has 2 atom stereocenters. The minimum absolute atomic E-state index is 0.176. The van der Waals surface area contributed by atoms with Crippen LogP contribution >= 0.6 is 11.8 Å². The van der Waals surface area contributed by atoms with E-state index >= 15 is 0 Å². The molecule has 2 unspecified atom stereocenters. The third-order valence-electron chi connectivity index (χ3n) is 3.26. The van der Waals surface area contributed by atoms with Crippen molar-refractivity contribution in [3.8, 4) is 0 Å². The largest absolute Gasteiger partial charge is 0.352 e. The van der Waals surface area contributed by atoms with Crippen molar-refractivity contribution in [1.82, 2.24) is 15.5 Å². The highest BCUT2D eigenvalue weighted by Gasteiger charge is 2.18. The summed E-state index contributed by atoms with van der Waals surface area (Å²) in [4.78, 5) is 14.2. The van der Waals surface area contributed by atoms with E-state index in [4.69, 9.17) is 0 Å². The van der Waals surface area contributed by atoms with Gasteiger partial charge in [-0.3, -0.25) is 4.79 Å².